The van der Waals surface area contributed by atoms with E-state index < -0.39 is 20.9 Å². The van der Waals surface area contributed by atoms with Crippen molar-refractivity contribution in [3.63, 3.8) is 0 Å². The molecule has 0 aromatic rings. The van der Waals surface area contributed by atoms with E-state index in [2.05, 4.69) is 0 Å². The highest BCUT2D eigenvalue weighted by molar-refractivity contribution is 6.60. The van der Waals surface area contributed by atoms with Gasteiger partial charge in [-0.05, 0) is 20.8 Å². The lowest BCUT2D eigenvalue weighted by molar-refractivity contribution is -0.146. The summed E-state index contributed by atoms with van der Waals surface area (Å²) >= 11 is 0. The lowest BCUT2D eigenvalue weighted by Gasteiger charge is -2.30. The monoisotopic (exact) mass is 250 g/mol. The van der Waals surface area contributed by atoms with E-state index in [9.17, 15) is 4.79 Å². The molecular weight excluding hydrogens is 228 g/mol. The lowest BCUT2D eigenvalue weighted by Crippen LogP contribution is -2.49. The van der Waals surface area contributed by atoms with Gasteiger partial charge in [0.1, 0.15) is 6.10 Å². The molecular formula is C10H22O5Si. The Balaban J connectivity index is 4.64. The first-order chi connectivity index (χ1) is 7.51. The fraction of sp³-hybridized carbons (Fsp3) is 0.900. The van der Waals surface area contributed by atoms with Crippen molar-refractivity contribution >= 4 is 14.8 Å². The SMILES string of the molecule is CCC[Si](OCC)(OCC)OC(C)C(=O)O. The molecule has 0 saturated carbocycles. The van der Waals surface area contributed by atoms with E-state index in [0.717, 1.165) is 6.42 Å². The zero-order chi connectivity index (χ0) is 12.6. The van der Waals surface area contributed by atoms with E-state index >= 15 is 0 Å². The Morgan fingerprint density at radius 1 is 1.25 bits per heavy atom. The summed E-state index contributed by atoms with van der Waals surface area (Å²) < 4.78 is 16.6. The van der Waals surface area contributed by atoms with Gasteiger partial charge in [-0.3, -0.25) is 0 Å². The van der Waals surface area contributed by atoms with Gasteiger partial charge in [0.15, 0.2) is 0 Å². The Morgan fingerprint density at radius 3 is 2.06 bits per heavy atom. The van der Waals surface area contributed by atoms with E-state index in [-0.39, 0.29) is 0 Å². The highest BCUT2D eigenvalue weighted by atomic mass is 28.4. The van der Waals surface area contributed by atoms with Crippen molar-refractivity contribution in [2.75, 3.05) is 13.2 Å². The van der Waals surface area contributed by atoms with Crippen LogP contribution < -0.4 is 0 Å². The average molecular weight is 250 g/mol. The number of carbonyl (C=O) groups is 1. The maximum absolute atomic E-state index is 10.8. The van der Waals surface area contributed by atoms with Gasteiger partial charge in [-0.25, -0.2) is 4.79 Å². The van der Waals surface area contributed by atoms with Crippen LogP contribution >= 0.6 is 0 Å². The van der Waals surface area contributed by atoms with Gasteiger partial charge in [0.2, 0.25) is 0 Å². The molecule has 16 heavy (non-hydrogen) atoms. The Kier molecular flexibility index (Phi) is 7.57. The number of carboxylic acid groups (broad SMARTS) is 1. The Morgan fingerprint density at radius 2 is 1.75 bits per heavy atom. The molecule has 0 saturated heterocycles. The van der Waals surface area contributed by atoms with Crippen molar-refractivity contribution in [1.29, 1.82) is 0 Å². The number of aliphatic carboxylic acids is 1. The van der Waals surface area contributed by atoms with Gasteiger partial charge in [0, 0.05) is 19.3 Å². The first-order valence-corrected chi connectivity index (χ1v) is 7.63. The van der Waals surface area contributed by atoms with Gasteiger partial charge in [0.25, 0.3) is 0 Å². The number of hydrogen-bond donors (Lipinski definition) is 1. The summed E-state index contributed by atoms with van der Waals surface area (Å²) in [6.07, 6.45) is -0.0465. The zero-order valence-electron chi connectivity index (χ0n) is 10.5. The minimum atomic E-state index is -2.80. The minimum absolute atomic E-state index is 0.471. The van der Waals surface area contributed by atoms with Crippen LogP contribution in [0.3, 0.4) is 0 Å². The quantitative estimate of drug-likeness (QED) is 0.633. The summed E-state index contributed by atoms with van der Waals surface area (Å²) in [5.74, 6) is -0.993. The van der Waals surface area contributed by atoms with Crippen molar-refractivity contribution in [2.24, 2.45) is 0 Å². The van der Waals surface area contributed by atoms with Gasteiger partial charge >= 0.3 is 14.8 Å². The Bertz CT molecular complexity index is 192. The molecule has 0 heterocycles. The van der Waals surface area contributed by atoms with Crippen LogP contribution in [0, 0.1) is 0 Å². The fourth-order valence-electron chi connectivity index (χ4n) is 1.38. The van der Waals surface area contributed by atoms with Crippen LogP contribution in [0.2, 0.25) is 6.04 Å². The van der Waals surface area contributed by atoms with E-state index in [4.69, 9.17) is 18.4 Å². The highest BCUT2D eigenvalue weighted by Gasteiger charge is 2.42. The van der Waals surface area contributed by atoms with E-state index in [1.54, 1.807) is 0 Å². The van der Waals surface area contributed by atoms with Crippen LogP contribution in [-0.2, 0) is 18.1 Å². The van der Waals surface area contributed by atoms with E-state index in [0.29, 0.717) is 19.3 Å². The second-order valence-corrected chi connectivity index (χ2v) is 6.08. The summed E-state index contributed by atoms with van der Waals surface area (Å²) in [5, 5.41) is 8.84. The van der Waals surface area contributed by atoms with Crippen molar-refractivity contribution in [1.82, 2.24) is 0 Å². The number of rotatable bonds is 9. The highest BCUT2D eigenvalue weighted by Crippen LogP contribution is 2.19. The van der Waals surface area contributed by atoms with Crippen LogP contribution in [0.1, 0.15) is 34.1 Å². The third-order valence-electron chi connectivity index (χ3n) is 1.99. The third-order valence-corrected chi connectivity index (χ3v) is 5.27. The standard InChI is InChI=1S/C10H22O5Si/c1-5-8-16(13-6-2,14-7-3)15-9(4)10(11)12/h9H,5-8H2,1-4H3,(H,11,12). The molecule has 0 aliphatic heterocycles. The van der Waals surface area contributed by atoms with E-state index in [1.807, 2.05) is 20.8 Å². The smallest absolute Gasteiger partial charge is 0.479 e. The molecule has 96 valence electrons. The van der Waals surface area contributed by atoms with Crippen molar-refractivity contribution in [3.8, 4) is 0 Å². The first-order valence-electron chi connectivity index (χ1n) is 5.69. The molecule has 0 rings (SSSR count). The molecule has 0 aromatic carbocycles. The molecule has 5 nitrogen and oxygen atoms in total. The molecule has 0 aliphatic carbocycles. The largest absolute Gasteiger partial charge is 0.501 e. The average Bonchev–Trinajstić information content (AvgIpc) is 2.18. The van der Waals surface area contributed by atoms with Gasteiger partial charge in [0.05, 0.1) is 0 Å². The summed E-state index contributed by atoms with van der Waals surface area (Å²) in [5.41, 5.74) is 0. The minimum Gasteiger partial charge on any atom is -0.479 e. The van der Waals surface area contributed by atoms with Gasteiger partial charge in [-0.2, -0.15) is 0 Å². The predicted molar refractivity (Wildman–Crippen MR) is 62.3 cm³/mol. The molecule has 6 heteroatoms. The van der Waals surface area contributed by atoms with Crippen LogP contribution in [0.4, 0.5) is 0 Å². The lowest BCUT2D eigenvalue weighted by atomic mass is 10.4. The van der Waals surface area contributed by atoms with Gasteiger partial charge < -0.3 is 18.4 Å². The van der Waals surface area contributed by atoms with Crippen LogP contribution in [-0.4, -0.2) is 39.2 Å². The molecule has 0 aliphatic rings. The summed E-state index contributed by atoms with van der Waals surface area (Å²) in [6, 6.07) is 0.645. The molecule has 0 spiro atoms. The number of carboxylic acids is 1. The molecule has 0 bridgehead atoms. The topological polar surface area (TPSA) is 65.0 Å². The molecule has 0 fully saturated rings. The first kappa shape index (κ1) is 15.6. The summed E-state index contributed by atoms with van der Waals surface area (Å²) in [7, 11) is -2.80. The molecule has 0 radical (unpaired) electrons. The molecule has 1 unspecified atom stereocenters. The molecule has 1 atom stereocenters. The van der Waals surface area contributed by atoms with Crippen LogP contribution in [0.5, 0.6) is 0 Å². The summed E-state index contributed by atoms with van der Waals surface area (Å²) in [4.78, 5) is 10.8. The van der Waals surface area contributed by atoms with Gasteiger partial charge in [-0.15, -0.1) is 0 Å². The maximum Gasteiger partial charge on any atom is 0.501 e. The Hall–Kier alpha value is -0.433. The normalized spacial score (nSPS) is 13.8. The van der Waals surface area contributed by atoms with Crippen molar-refractivity contribution < 1.29 is 23.2 Å². The van der Waals surface area contributed by atoms with Crippen molar-refractivity contribution in [3.05, 3.63) is 0 Å². The predicted octanol–water partition coefficient (Wildman–Crippen LogP) is 1.90. The summed E-state index contributed by atoms with van der Waals surface area (Å²) in [6.45, 7) is 8.14. The molecule has 0 aromatic heterocycles. The second-order valence-electron chi connectivity index (χ2n) is 3.40. The second kappa shape index (κ2) is 7.78. The molecule has 1 N–H and O–H groups in total. The van der Waals surface area contributed by atoms with Crippen LogP contribution in [0.25, 0.3) is 0 Å². The van der Waals surface area contributed by atoms with E-state index in [1.165, 1.54) is 6.92 Å². The molecule has 0 amide bonds. The maximum atomic E-state index is 10.8. The fourth-order valence-corrected chi connectivity index (χ4v) is 4.14. The third kappa shape index (κ3) is 5.07. The van der Waals surface area contributed by atoms with Crippen LogP contribution in [0.15, 0.2) is 0 Å². The van der Waals surface area contributed by atoms with Crippen molar-refractivity contribution in [2.45, 2.75) is 46.3 Å². The Labute approximate surface area is 98.1 Å². The zero-order valence-corrected chi connectivity index (χ0v) is 11.5. The number of hydrogen-bond acceptors (Lipinski definition) is 4. The van der Waals surface area contributed by atoms with Gasteiger partial charge in [-0.1, -0.05) is 13.3 Å².